The Kier molecular flexibility index (Phi) is 3.48. The van der Waals surface area contributed by atoms with Crippen molar-refractivity contribution < 1.29 is 4.74 Å². The largest absolute Gasteiger partial charge is 0.496 e. The third kappa shape index (κ3) is 4.42. The fourth-order valence-corrected chi connectivity index (χ4v) is 0.361. The van der Waals surface area contributed by atoms with Crippen molar-refractivity contribution in [2.75, 3.05) is 0 Å². The van der Waals surface area contributed by atoms with Crippen LogP contribution in [0.15, 0.2) is 11.8 Å². The van der Waals surface area contributed by atoms with Crippen LogP contribution in [-0.2, 0) is 4.74 Å². The molecule has 0 aromatic carbocycles. The van der Waals surface area contributed by atoms with E-state index in [-0.39, 0.29) is 5.60 Å². The molecular weight excluding hydrogens is 124 g/mol. The Morgan fingerprint density at radius 1 is 1.40 bits per heavy atom. The molecule has 0 aliphatic rings. The second-order valence-electron chi connectivity index (χ2n) is 3.43. The van der Waals surface area contributed by atoms with Gasteiger partial charge in [0.2, 0.25) is 0 Å². The molecule has 0 unspecified atom stereocenters. The summed E-state index contributed by atoms with van der Waals surface area (Å²) in [5.74, 6) is 0. The molecule has 0 aromatic heterocycles. The Morgan fingerprint density at radius 2 is 1.90 bits per heavy atom. The molecule has 10 heavy (non-hydrogen) atoms. The second kappa shape index (κ2) is 3.65. The molecule has 0 saturated carbocycles. The Bertz CT molecular complexity index is 119. The Labute approximate surface area is 64.1 Å². The van der Waals surface area contributed by atoms with Crippen LogP contribution in [0.4, 0.5) is 0 Å². The van der Waals surface area contributed by atoms with Crippen LogP contribution in [0.2, 0.25) is 0 Å². The normalized spacial score (nSPS) is 10.9. The van der Waals surface area contributed by atoms with Crippen LogP contribution >= 0.6 is 0 Å². The van der Waals surface area contributed by atoms with Crippen molar-refractivity contribution in [1.82, 2.24) is 0 Å². The third-order valence-electron chi connectivity index (χ3n) is 1.47. The summed E-state index contributed by atoms with van der Waals surface area (Å²) in [6.45, 7) is 10.4. The summed E-state index contributed by atoms with van der Waals surface area (Å²) in [4.78, 5) is 0. The van der Waals surface area contributed by atoms with Gasteiger partial charge in [-0.2, -0.15) is 0 Å². The number of hydrogen-bond acceptors (Lipinski definition) is 1. The molecule has 0 N–H and O–H groups in total. The molecule has 60 valence electrons. The van der Waals surface area contributed by atoms with Crippen LogP contribution in [0.3, 0.4) is 0 Å². The van der Waals surface area contributed by atoms with Crippen molar-refractivity contribution in [2.24, 2.45) is 0 Å². The minimum atomic E-state index is -0.00271. The molecule has 0 atom stereocenters. The molecule has 0 aromatic rings. The lowest BCUT2D eigenvalue weighted by Gasteiger charge is -2.22. The lowest BCUT2D eigenvalue weighted by molar-refractivity contribution is 0.0528. The van der Waals surface area contributed by atoms with Crippen LogP contribution in [0, 0.1) is 0 Å². The quantitative estimate of drug-likeness (QED) is 0.550. The summed E-state index contributed by atoms with van der Waals surface area (Å²) in [6.07, 6.45) is 2.86. The zero-order chi connectivity index (χ0) is 8.20. The molecule has 0 aliphatic heterocycles. The van der Waals surface area contributed by atoms with Gasteiger partial charge in [-0.1, -0.05) is 6.92 Å². The predicted molar refractivity (Wildman–Crippen MR) is 44.9 cm³/mol. The van der Waals surface area contributed by atoms with Gasteiger partial charge in [-0.25, -0.2) is 0 Å². The summed E-state index contributed by atoms with van der Waals surface area (Å²) in [7, 11) is 0. The van der Waals surface area contributed by atoms with Crippen molar-refractivity contribution in [3.8, 4) is 0 Å². The van der Waals surface area contributed by atoms with E-state index in [2.05, 4.69) is 20.8 Å². The van der Waals surface area contributed by atoms with Crippen molar-refractivity contribution in [2.45, 2.75) is 46.6 Å². The minimum Gasteiger partial charge on any atom is -0.496 e. The maximum Gasteiger partial charge on any atom is 0.102 e. The first-order valence-corrected chi connectivity index (χ1v) is 3.79. The third-order valence-corrected chi connectivity index (χ3v) is 1.47. The van der Waals surface area contributed by atoms with Gasteiger partial charge in [-0.15, -0.1) is 0 Å². The molecule has 0 fully saturated rings. The smallest absolute Gasteiger partial charge is 0.102 e. The summed E-state index contributed by atoms with van der Waals surface area (Å²) in [5.41, 5.74) is 1.21. The number of allylic oxidation sites excluding steroid dienone is 1. The van der Waals surface area contributed by atoms with Gasteiger partial charge in [0.1, 0.15) is 5.60 Å². The molecule has 0 bridgehead atoms. The number of rotatable bonds is 3. The average molecular weight is 142 g/mol. The summed E-state index contributed by atoms with van der Waals surface area (Å²) in [6, 6.07) is 0. The Morgan fingerprint density at radius 3 is 2.20 bits per heavy atom. The molecule has 0 saturated heterocycles. The zero-order valence-electron chi connectivity index (χ0n) is 7.69. The predicted octanol–water partition coefficient (Wildman–Crippen LogP) is 3.12. The topological polar surface area (TPSA) is 9.23 Å². The van der Waals surface area contributed by atoms with Gasteiger partial charge in [0, 0.05) is 0 Å². The van der Waals surface area contributed by atoms with E-state index >= 15 is 0 Å². The highest BCUT2D eigenvalue weighted by atomic mass is 16.5. The fraction of sp³-hybridized carbons (Fsp3) is 0.778. The summed E-state index contributed by atoms with van der Waals surface area (Å²) in [5, 5.41) is 0. The van der Waals surface area contributed by atoms with E-state index in [9.17, 15) is 0 Å². The first kappa shape index (κ1) is 9.54. The molecule has 0 spiro atoms. The highest BCUT2D eigenvalue weighted by molar-refractivity contribution is 4.88. The Hall–Kier alpha value is -0.460. The molecule has 1 nitrogen and oxygen atoms in total. The van der Waals surface area contributed by atoms with Gasteiger partial charge in [0.15, 0.2) is 0 Å². The van der Waals surface area contributed by atoms with Crippen LogP contribution in [0.5, 0.6) is 0 Å². The highest BCUT2D eigenvalue weighted by Gasteiger charge is 2.13. The lowest BCUT2D eigenvalue weighted by Crippen LogP contribution is -2.19. The van der Waals surface area contributed by atoms with Crippen LogP contribution in [0.1, 0.15) is 41.0 Å². The highest BCUT2D eigenvalue weighted by Crippen LogP contribution is 2.14. The van der Waals surface area contributed by atoms with E-state index in [0.717, 1.165) is 6.42 Å². The van der Waals surface area contributed by atoms with Gasteiger partial charge >= 0.3 is 0 Å². The van der Waals surface area contributed by atoms with Crippen LogP contribution < -0.4 is 0 Å². The SMILES string of the molecule is CCC(C)(C)OC=C(C)C. The standard InChI is InChI=1S/C9H18O/c1-6-9(4,5)10-7-8(2)3/h7H,6H2,1-5H3. The van der Waals surface area contributed by atoms with Gasteiger partial charge in [0.25, 0.3) is 0 Å². The van der Waals surface area contributed by atoms with E-state index in [4.69, 9.17) is 4.74 Å². The molecule has 0 aliphatic carbocycles. The maximum atomic E-state index is 5.48. The van der Waals surface area contributed by atoms with E-state index in [1.165, 1.54) is 5.57 Å². The van der Waals surface area contributed by atoms with Gasteiger partial charge in [-0.3, -0.25) is 0 Å². The minimum absolute atomic E-state index is 0.00271. The van der Waals surface area contributed by atoms with Gasteiger partial charge in [-0.05, 0) is 39.7 Å². The van der Waals surface area contributed by atoms with Crippen molar-refractivity contribution in [3.05, 3.63) is 11.8 Å². The number of ether oxygens (including phenoxy) is 1. The summed E-state index contributed by atoms with van der Waals surface area (Å²) >= 11 is 0. The molecular formula is C9H18O. The van der Waals surface area contributed by atoms with E-state index in [1.807, 2.05) is 20.1 Å². The van der Waals surface area contributed by atoms with Crippen LogP contribution in [0.25, 0.3) is 0 Å². The first-order chi connectivity index (χ1) is 4.48. The van der Waals surface area contributed by atoms with Crippen LogP contribution in [-0.4, -0.2) is 5.60 Å². The number of hydrogen-bond donors (Lipinski definition) is 0. The Balaban J connectivity index is 3.78. The van der Waals surface area contributed by atoms with Gasteiger partial charge in [0.05, 0.1) is 6.26 Å². The van der Waals surface area contributed by atoms with Crippen molar-refractivity contribution in [3.63, 3.8) is 0 Å². The monoisotopic (exact) mass is 142 g/mol. The lowest BCUT2D eigenvalue weighted by atomic mass is 10.1. The molecule has 0 rings (SSSR count). The maximum absolute atomic E-state index is 5.48. The van der Waals surface area contributed by atoms with Crippen molar-refractivity contribution >= 4 is 0 Å². The fourth-order valence-electron chi connectivity index (χ4n) is 0.361. The average Bonchev–Trinajstić information content (AvgIpc) is 1.85. The van der Waals surface area contributed by atoms with Gasteiger partial charge < -0.3 is 4.74 Å². The second-order valence-corrected chi connectivity index (χ2v) is 3.43. The zero-order valence-corrected chi connectivity index (χ0v) is 7.69. The molecule has 0 radical (unpaired) electrons. The van der Waals surface area contributed by atoms with Crippen molar-refractivity contribution in [1.29, 1.82) is 0 Å². The van der Waals surface area contributed by atoms with E-state index in [0.29, 0.717) is 0 Å². The van der Waals surface area contributed by atoms with E-state index in [1.54, 1.807) is 0 Å². The summed E-state index contributed by atoms with van der Waals surface area (Å²) < 4.78 is 5.48. The first-order valence-electron chi connectivity index (χ1n) is 3.79. The van der Waals surface area contributed by atoms with E-state index < -0.39 is 0 Å². The molecule has 0 heterocycles. The molecule has 0 amide bonds. The molecule has 1 heteroatoms.